The fourth-order valence-electron chi connectivity index (χ4n) is 4.25. The molecule has 4 nitrogen and oxygen atoms in total. The first kappa shape index (κ1) is 19.6. The van der Waals surface area contributed by atoms with Crippen LogP contribution in [0.15, 0.2) is 72.8 Å². The number of carbonyl (C=O) groups excluding carboxylic acids is 1. The second-order valence-electron chi connectivity index (χ2n) is 7.82. The Morgan fingerprint density at radius 2 is 1.66 bits per heavy atom. The van der Waals surface area contributed by atoms with Crippen LogP contribution >= 0.6 is 0 Å². The van der Waals surface area contributed by atoms with Gasteiger partial charge in [0.15, 0.2) is 0 Å². The van der Waals surface area contributed by atoms with Gasteiger partial charge in [0.25, 0.3) is 5.91 Å². The summed E-state index contributed by atoms with van der Waals surface area (Å²) in [5, 5.41) is 16.7. The van der Waals surface area contributed by atoms with Crippen LogP contribution in [-0.4, -0.2) is 35.0 Å². The highest BCUT2D eigenvalue weighted by Crippen LogP contribution is 2.26. The average molecular weight is 389 g/mol. The molecular weight excluding hydrogens is 360 g/mol. The Morgan fingerprint density at radius 1 is 1.00 bits per heavy atom. The van der Waals surface area contributed by atoms with E-state index in [0.717, 1.165) is 34.7 Å². The maximum absolute atomic E-state index is 13.1. The van der Waals surface area contributed by atoms with Crippen LogP contribution in [0.3, 0.4) is 0 Å². The number of benzene rings is 3. The molecule has 0 saturated carbocycles. The van der Waals surface area contributed by atoms with Gasteiger partial charge in [-0.3, -0.25) is 10.1 Å². The number of amides is 1. The predicted octanol–water partition coefficient (Wildman–Crippen LogP) is 4.29. The summed E-state index contributed by atoms with van der Waals surface area (Å²) in [7, 11) is 0. The molecule has 2 N–H and O–H groups in total. The van der Waals surface area contributed by atoms with E-state index in [9.17, 15) is 9.90 Å². The summed E-state index contributed by atoms with van der Waals surface area (Å²) in [5.41, 5.74) is 0.619. The van der Waals surface area contributed by atoms with Crippen molar-refractivity contribution in [2.24, 2.45) is 0 Å². The zero-order valence-electron chi connectivity index (χ0n) is 16.8. The Kier molecular flexibility index (Phi) is 5.65. The summed E-state index contributed by atoms with van der Waals surface area (Å²) in [5.74, 6) is 0.0917. The minimum atomic E-state index is -1.03. The highest BCUT2D eigenvalue weighted by molar-refractivity contribution is 6.07. The fraction of sp³-hybridized carbons (Fsp3) is 0.320. The van der Waals surface area contributed by atoms with E-state index in [1.54, 1.807) is 0 Å². The van der Waals surface area contributed by atoms with Crippen molar-refractivity contribution in [3.05, 3.63) is 83.9 Å². The maximum Gasteiger partial charge on any atom is 0.254 e. The molecule has 0 spiro atoms. The van der Waals surface area contributed by atoms with Crippen LogP contribution < -0.4 is 5.32 Å². The fourth-order valence-corrected chi connectivity index (χ4v) is 4.25. The van der Waals surface area contributed by atoms with Crippen LogP contribution in [0.4, 0.5) is 0 Å². The Labute approximate surface area is 172 Å². The Balaban J connectivity index is 1.43. The van der Waals surface area contributed by atoms with Crippen molar-refractivity contribution in [3.8, 4) is 0 Å². The number of fused-ring (bicyclic) bond motifs is 1. The molecule has 1 aliphatic heterocycles. The number of piperidine rings is 1. The molecule has 29 heavy (non-hydrogen) atoms. The van der Waals surface area contributed by atoms with Gasteiger partial charge in [0, 0.05) is 24.7 Å². The van der Waals surface area contributed by atoms with E-state index >= 15 is 0 Å². The van der Waals surface area contributed by atoms with Crippen LogP contribution in [0.25, 0.3) is 10.8 Å². The lowest BCUT2D eigenvalue weighted by Gasteiger charge is -2.38. The molecule has 0 aliphatic carbocycles. The number of nitrogens with one attached hydrogen (secondary N) is 1. The summed E-state index contributed by atoms with van der Waals surface area (Å²) in [6.45, 7) is 3.36. The van der Waals surface area contributed by atoms with E-state index in [1.807, 2.05) is 84.6 Å². The van der Waals surface area contributed by atoms with Crippen molar-refractivity contribution in [1.82, 2.24) is 10.2 Å². The van der Waals surface area contributed by atoms with Crippen molar-refractivity contribution >= 4 is 16.7 Å². The number of rotatable bonds is 5. The second-order valence-corrected chi connectivity index (χ2v) is 7.82. The van der Waals surface area contributed by atoms with Crippen LogP contribution in [-0.2, 0) is 5.72 Å². The molecule has 3 aromatic carbocycles. The van der Waals surface area contributed by atoms with Gasteiger partial charge in [0.2, 0.25) is 0 Å². The van der Waals surface area contributed by atoms with Gasteiger partial charge < -0.3 is 10.0 Å². The Bertz CT molecular complexity index is 975. The van der Waals surface area contributed by atoms with E-state index < -0.39 is 5.72 Å². The minimum absolute atomic E-state index is 0.0917. The highest BCUT2D eigenvalue weighted by atomic mass is 16.3. The van der Waals surface area contributed by atoms with Gasteiger partial charge in [-0.2, -0.15) is 0 Å². The zero-order chi connectivity index (χ0) is 20.3. The van der Waals surface area contributed by atoms with E-state index in [-0.39, 0.29) is 11.9 Å². The van der Waals surface area contributed by atoms with Crippen molar-refractivity contribution in [2.75, 3.05) is 13.1 Å². The topological polar surface area (TPSA) is 52.6 Å². The predicted molar refractivity (Wildman–Crippen MR) is 117 cm³/mol. The molecule has 1 amide bonds. The number of carbonyl (C=O) groups is 1. The highest BCUT2D eigenvalue weighted by Gasteiger charge is 2.32. The zero-order valence-corrected chi connectivity index (χ0v) is 16.8. The monoisotopic (exact) mass is 388 g/mol. The van der Waals surface area contributed by atoms with Crippen LogP contribution in [0, 0.1) is 0 Å². The lowest BCUT2D eigenvalue weighted by Crippen LogP contribution is -2.52. The molecule has 1 atom stereocenters. The maximum atomic E-state index is 13.1. The molecule has 1 saturated heterocycles. The molecule has 4 rings (SSSR count). The van der Waals surface area contributed by atoms with E-state index in [1.165, 1.54) is 0 Å². The summed E-state index contributed by atoms with van der Waals surface area (Å²) < 4.78 is 0. The number of aliphatic hydroxyl groups is 1. The van der Waals surface area contributed by atoms with Crippen molar-refractivity contribution in [2.45, 2.75) is 38.0 Å². The summed E-state index contributed by atoms with van der Waals surface area (Å²) in [4.78, 5) is 15.1. The van der Waals surface area contributed by atoms with Crippen molar-refractivity contribution in [1.29, 1.82) is 0 Å². The van der Waals surface area contributed by atoms with Gasteiger partial charge in [0.1, 0.15) is 5.72 Å². The van der Waals surface area contributed by atoms with Crippen LogP contribution in [0.1, 0.15) is 42.1 Å². The van der Waals surface area contributed by atoms with E-state index in [0.29, 0.717) is 19.5 Å². The molecule has 3 aromatic rings. The average Bonchev–Trinajstić information content (AvgIpc) is 2.79. The summed E-state index contributed by atoms with van der Waals surface area (Å²) in [6.07, 6.45) is 2.24. The van der Waals surface area contributed by atoms with Gasteiger partial charge in [-0.25, -0.2) is 0 Å². The third-order valence-electron chi connectivity index (χ3n) is 6.01. The van der Waals surface area contributed by atoms with E-state index in [2.05, 4.69) is 5.32 Å². The number of nitrogens with zero attached hydrogens (tertiary/aromatic N) is 1. The van der Waals surface area contributed by atoms with Crippen molar-refractivity contribution in [3.63, 3.8) is 0 Å². The second kappa shape index (κ2) is 8.36. The van der Waals surface area contributed by atoms with Gasteiger partial charge in [-0.15, -0.1) is 0 Å². The molecule has 1 heterocycles. The first-order valence-corrected chi connectivity index (χ1v) is 10.4. The van der Waals surface area contributed by atoms with Gasteiger partial charge >= 0.3 is 0 Å². The summed E-state index contributed by atoms with van der Waals surface area (Å²) >= 11 is 0. The van der Waals surface area contributed by atoms with Gasteiger partial charge in [-0.05, 0) is 41.7 Å². The SMILES string of the molecule is CC[C@](O)(NC1CCN(C(=O)c2cccc3ccccc23)CC1)c1ccccc1. The molecule has 0 unspecified atom stereocenters. The molecule has 4 heteroatoms. The number of likely N-dealkylation sites (tertiary alicyclic amines) is 1. The lowest BCUT2D eigenvalue weighted by atomic mass is 9.95. The molecular formula is C25H28N2O2. The molecule has 0 aromatic heterocycles. The Morgan fingerprint density at radius 3 is 2.38 bits per heavy atom. The van der Waals surface area contributed by atoms with Gasteiger partial charge in [0.05, 0.1) is 0 Å². The standard InChI is InChI=1S/C25H28N2O2/c1-2-25(29,20-11-4-3-5-12-20)26-21-15-17-27(18-16-21)24(28)23-14-8-10-19-9-6-7-13-22(19)23/h3-14,21,26,29H,2,15-18H2,1H3/t25-/m1/s1. The largest absolute Gasteiger partial charge is 0.372 e. The first-order valence-electron chi connectivity index (χ1n) is 10.4. The van der Waals surface area contributed by atoms with Crippen LogP contribution in [0.5, 0.6) is 0 Å². The Hall–Kier alpha value is -2.69. The first-order chi connectivity index (χ1) is 14.1. The molecule has 150 valence electrons. The third kappa shape index (κ3) is 4.04. The smallest absolute Gasteiger partial charge is 0.254 e. The van der Waals surface area contributed by atoms with Crippen LogP contribution in [0.2, 0.25) is 0 Å². The van der Waals surface area contributed by atoms with Gasteiger partial charge in [-0.1, -0.05) is 73.7 Å². The minimum Gasteiger partial charge on any atom is -0.372 e. The summed E-state index contributed by atoms with van der Waals surface area (Å²) in [6, 6.07) is 23.9. The number of hydrogen-bond acceptors (Lipinski definition) is 3. The molecule has 0 bridgehead atoms. The van der Waals surface area contributed by atoms with E-state index in [4.69, 9.17) is 0 Å². The molecule has 1 fully saturated rings. The molecule has 0 radical (unpaired) electrons. The molecule has 1 aliphatic rings. The quantitative estimate of drug-likeness (QED) is 0.641. The van der Waals surface area contributed by atoms with Crippen molar-refractivity contribution < 1.29 is 9.90 Å². The lowest BCUT2D eigenvalue weighted by molar-refractivity contribution is -0.0218. The third-order valence-corrected chi connectivity index (χ3v) is 6.01. The normalized spacial score (nSPS) is 17.2. The number of hydrogen-bond donors (Lipinski definition) is 2.